The summed E-state index contributed by atoms with van der Waals surface area (Å²) in [7, 11) is 1.38. The molecule has 2 aliphatic heterocycles. The molecule has 3 rings (SSSR count). The minimum absolute atomic E-state index is 0.281. The van der Waals surface area contributed by atoms with Crippen molar-refractivity contribution in [3.05, 3.63) is 22.8 Å². The van der Waals surface area contributed by atoms with Gasteiger partial charge in [0, 0.05) is 37.8 Å². The lowest BCUT2D eigenvalue weighted by molar-refractivity contribution is 0.0590. The summed E-state index contributed by atoms with van der Waals surface area (Å²) in [6, 6.07) is 0. The smallest absolute Gasteiger partial charge is 0.357 e. The van der Waals surface area contributed by atoms with Gasteiger partial charge in [-0.25, -0.2) is 14.8 Å². The van der Waals surface area contributed by atoms with Gasteiger partial charge in [-0.3, -0.25) is 0 Å². The number of carbonyl (C=O) groups excluding carboxylic acids is 1. The zero-order valence-electron chi connectivity index (χ0n) is 10.9. The predicted molar refractivity (Wildman–Crippen MR) is 66.7 cm³/mol. The van der Waals surface area contributed by atoms with Gasteiger partial charge in [0.05, 0.1) is 12.8 Å². The second-order valence-corrected chi connectivity index (χ2v) is 4.84. The maximum atomic E-state index is 11.8. The average molecular weight is 263 g/mol. The molecule has 0 aromatic carbocycles. The molecule has 2 aliphatic rings. The van der Waals surface area contributed by atoms with E-state index in [1.165, 1.54) is 7.11 Å². The monoisotopic (exact) mass is 263 g/mol. The third-order valence-electron chi connectivity index (χ3n) is 3.67. The van der Waals surface area contributed by atoms with Crippen LogP contribution in [0.5, 0.6) is 0 Å². The van der Waals surface area contributed by atoms with E-state index in [1.807, 2.05) is 0 Å². The second-order valence-electron chi connectivity index (χ2n) is 4.84. The number of aromatic nitrogens is 2. The Bertz CT molecular complexity index is 498. The zero-order chi connectivity index (χ0) is 13.2. The second kappa shape index (κ2) is 5.22. The zero-order valence-corrected chi connectivity index (χ0v) is 10.9. The Balaban J connectivity index is 1.99. The van der Waals surface area contributed by atoms with E-state index in [-0.39, 0.29) is 11.9 Å². The molecule has 0 amide bonds. The SMILES string of the molecule is COC(=O)c1nc(C2CCOCC2)nc2c1CNC2. The number of rotatable bonds is 2. The number of esters is 1. The molecule has 0 radical (unpaired) electrons. The van der Waals surface area contributed by atoms with E-state index in [4.69, 9.17) is 9.47 Å². The van der Waals surface area contributed by atoms with Gasteiger partial charge in [0.15, 0.2) is 5.69 Å². The van der Waals surface area contributed by atoms with Gasteiger partial charge in [-0.15, -0.1) is 0 Å². The first-order valence-electron chi connectivity index (χ1n) is 6.56. The summed E-state index contributed by atoms with van der Waals surface area (Å²) >= 11 is 0. The van der Waals surface area contributed by atoms with Crippen LogP contribution in [-0.4, -0.2) is 36.3 Å². The molecule has 1 N–H and O–H groups in total. The van der Waals surface area contributed by atoms with Crippen molar-refractivity contribution in [3.63, 3.8) is 0 Å². The molecular formula is C13H17N3O3. The lowest BCUT2D eigenvalue weighted by atomic mass is 9.99. The van der Waals surface area contributed by atoms with Crippen LogP contribution in [0.4, 0.5) is 0 Å². The Morgan fingerprint density at radius 1 is 1.32 bits per heavy atom. The van der Waals surface area contributed by atoms with Crippen molar-refractivity contribution in [2.45, 2.75) is 31.8 Å². The number of nitrogens with one attached hydrogen (secondary N) is 1. The first kappa shape index (κ1) is 12.5. The number of ether oxygens (including phenoxy) is 2. The van der Waals surface area contributed by atoms with Gasteiger partial charge >= 0.3 is 5.97 Å². The molecule has 102 valence electrons. The number of hydrogen-bond donors (Lipinski definition) is 1. The molecule has 19 heavy (non-hydrogen) atoms. The van der Waals surface area contributed by atoms with Gasteiger partial charge in [0.2, 0.25) is 0 Å². The Morgan fingerprint density at radius 3 is 2.84 bits per heavy atom. The van der Waals surface area contributed by atoms with Crippen molar-refractivity contribution in [1.29, 1.82) is 0 Å². The number of hydrogen-bond acceptors (Lipinski definition) is 6. The largest absolute Gasteiger partial charge is 0.464 e. The van der Waals surface area contributed by atoms with Crippen LogP contribution >= 0.6 is 0 Å². The highest BCUT2D eigenvalue weighted by molar-refractivity contribution is 5.89. The fraction of sp³-hybridized carbons (Fsp3) is 0.615. The molecule has 6 nitrogen and oxygen atoms in total. The van der Waals surface area contributed by atoms with Crippen molar-refractivity contribution in [1.82, 2.24) is 15.3 Å². The first-order valence-corrected chi connectivity index (χ1v) is 6.56. The maximum absolute atomic E-state index is 11.8. The molecule has 0 bridgehead atoms. The standard InChI is InChI=1S/C13H17N3O3/c1-18-13(17)11-9-6-14-7-10(9)15-12(16-11)8-2-4-19-5-3-8/h8,14H,2-7H2,1H3. The van der Waals surface area contributed by atoms with Gasteiger partial charge in [0.1, 0.15) is 5.82 Å². The van der Waals surface area contributed by atoms with E-state index < -0.39 is 0 Å². The van der Waals surface area contributed by atoms with Crippen molar-refractivity contribution >= 4 is 5.97 Å². The van der Waals surface area contributed by atoms with Crippen LogP contribution in [0, 0.1) is 0 Å². The van der Waals surface area contributed by atoms with Crippen LogP contribution in [0.15, 0.2) is 0 Å². The Kier molecular flexibility index (Phi) is 3.44. The van der Waals surface area contributed by atoms with E-state index in [1.54, 1.807) is 0 Å². The van der Waals surface area contributed by atoms with Gasteiger partial charge in [0.25, 0.3) is 0 Å². The van der Waals surface area contributed by atoms with E-state index in [2.05, 4.69) is 15.3 Å². The highest BCUT2D eigenvalue weighted by Gasteiger charge is 2.27. The summed E-state index contributed by atoms with van der Waals surface area (Å²) in [6.07, 6.45) is 1.82. The Hall–Kier alpha value is -1.53. The molecule has 1 aromatic rings. The number of carbonyl (C=O) groups is 1. The summed E-state index contributed by atoms with van der Waals surface area (Å²) in [6.45, 7) is 2.79. The van der Waals surface area contributed by atoms with E-state index >= 15 is 0 Å². The number of methoxy groups -OCH3 is 1. The molecule has 0 spiro atoms. The van der Waals surface area contributed by atoms with Crippen LogP contribution < -0.4 is 5.32 Å². The fourth-order valence-electron chi connectivity index (χ4n) is 2.59. The average Bonchev–Trinajstić information content (AvgIpc) is 2.94. The summed E-state index contributed by atoms with van der Waals surface area (Å²) < 4.78 is 10.2. The minimum Gasteiger partial charge on any atom is -0.464 e. The maximum Gasteiger partial charge on any atom is 0.357 e. The van der Waals surface area contributed by atoms with Gasteiger partial charge in [-0.2, -0.15) is 0 Å². The van der Waals surface area contributed by atoms with E-state index in [0.717, 1.165) is 43.1 Å². The summed E-state index contributed by atoms with van der Waals surface area (Å²) in [4.78, 5) is 20.9. The molecule has 3 heterocycles. The van der Waals surface area contributed by atoms with Gasteiger partial charge < -0.3 is 14.8 Å². The molecule has 0 atom stereocenters. The highest BCUT2D eigenvalue weighted by atomic mass is 16.5. The van der Waals surface area contributed by atoms with Crippen molar-refractivity contribution in [3.8, 4) is 0 Å². The molecule has 1 saturated heterocycles. The lowest BCUT2D eigenvalue weighted by Gasteiger charge is -2.21. The molecule has 1 fully saturated rings. The molecule has 0 aliphatic carbocycles. The third-order valence-corrected chi connectivity index (χ3v) is 3.67. The van der Waals surface area contributed by atoms with E-state index in [9.17, 15) is 4.79 Å². The van der Waals surface area contributed by atoms with Crippen LogP contribution in [0.25, 0.3) is 0 Å². The van der Waals surface area contributed by atoms with Crippen molar-refractivity contribution < 1.29 is 14.3 Å². The van der Waals surface area contributed by atoms with Crippen LogP contribution in [0.3, 0.4) is 0 Å². The number of nitrogens with zero attached hydrogens (tertiary/aromatic N) is 2. The topological polar surface area (TPSA) is 73.3 Å². The van der Waals surface area contributed by atoms with E-state index in [0.29, 0.717) is 18.8 Å². The summed E-state index contributed by atoms with van der Waals surface area (Å²) in [5.74, 6) is 0.657. The number of fused-ring (bicyclic) bond motifs is 1. The molecule has 6 heteroatoms. The molecule has 1 aromatic heterocycles. The molecule has 0 saturated carbocycles. The van der Waals surface area contributed by atoms with Crippen LogP contribution in [-0.2, 0) is 22.6 Å². The molecular weight excluding hydrogens is 246 g/mol. The van der Waals surface area contributed by atoms with Gasteiger partial charge in [-0.1, -0.05) is 0 Å². The summed E-state index contributed by atoms with van der Waals surface area (Å²) in [5, 5.41) is 3.20. The van der Waals surface area contributed by atoms with Gasteiger partial charge in [-0.05, 0) is 12.8 Å². The fourth-order valence-corrected chi connectivity index (χ4v) is 2.59. The Labute approximate surface area is 111 Å². The van der Waals surface area contributed by atoms with Crippen LogP contribution in [0.2, 0.25) is 0 Å². The Morgan fingerprint density at radius 2 is 2.11 bits per heavy atom. The lowest BCUT2D eigenvalue weighted by Crippen LogP contribution is -2.19. The molecule has 0 unspecified atom stereocenters. The quantitative estimate of drug-likeness (QED) is 0.794. The third kappa shape index (κ3) is 2.33. The van der Waals surface area contributed by atoms with Crippen LogP contribution in [0.1, 0.15) is 46.3 Å². The van der Waals surface area contributed by atoms with Crippen molar-refractivity contribution in [2.75, 3.05) is 20.3 Å². The normalized spacial score (nSPS) is 19.2. The summed E-state index contributed by atoms with van der Waals surface area (Å²) in [5.41, 5.74) is 2.22. The highest BCUT2D eigenvalue weighted by Crippen LogP contribution is 2.27. The predicted octanol–water partition coefficient (Wildman–Crippen LogP) is 0.760. The van der Waals surface area contributed by atoms with Crippen molar-refractivity contribution in [2.24, 2.45) is 0 Å². The first-order chi connectivity index (χ1) is 9.29. The minimum atomic E-state index is -0.379.